The number of hydrogen-bond donors (Lipinski definition) is 1. The van der Waals surface area contributed by atoms with Crippen LogP contribution in [0, 0.1) is 0 Å². The number of aliphatic hydroxyl groups excluding tert-OH is 1. The average molecular weight is 117 g/mol. The topological polar surface area (TPSA) is 77.4 Å². The molecule has 0 bridgehead atoms. The number of hydrogen-bond acceptors (Lipinski definition) is 4. The Hall–Kier alpha value is -0.900. The van der Waals surface area contributed by atoms with Crippen molar-refractivity contribution < 1.29 is 19.8 Å². The van der Waals surface area contributed by atoms with Gasteiger partial charge in [0, 0.05) is 0 Å². The van der Waals surface area contributed by atoms with E-state index in [1.807, 2.05) is 0 Å². The van der Waals surface area contributed by atoms with Crippen molar-refractivity contribution in [3.05, 3.63) is 0 Å². The van der Waals surface area contributed by atoms with Gasteiger partial charge in [-0.3, -0.25) is 4.79 Å². The van der Waals surface area contributed by atoms with Gasteiger partial charge in [0.05, 0.1) is 0 Å². The molecule has 1 atom stereocenters. The minimum Gasteiger partial charge on any atom is -0.542 e. The first-order valence-corrected chi connectivity index (χ1v) is 1.99. The molecule has 0 rings (SSSR count). The summed E-state index contributed by atoms with van der Waals surface area (Å²) in [6, 6.07) is 0. The highest BCUT2D eigenvalue weighted by Crippen LogP contribution is 1.78. The quantitative estimate of drug-likeness (QED) is 0.412. The van der Waals surface area contributed by atoms with Crippen molar-refractivity contribution in [1.29, 1.82) is 0 Å². The largest absolute Gasteiger partial charge is 0.542 e. The summed E-state index contributed by atoms with van der Waals surface area (Å²) in [5, 5.41) is 17.7. The van der Waals surface area contributed by atoms with Gasteiger partial charge in [0.15, 0.2) is 0 Å². The van der Waals surface area contributed by atoms with Crippen LogP contribution in [0.25, 0.3) is 0 Å². The van der Waals surface area contributed by atoms with Crippen LogP contribution in [0.3, 0.4) is 0 Å². The second-order valence-corrected chi connectivity index (χ2v) is 1.33. The van der Waals surface area contributed by atoms with Gasteiger partial charge in [-0.25, -0.2) is 0 Å². The summed E-state index contributed by atoms with van der Waals surface area (Å²) in [5.41, 5.74) is 0. The van der Waals surface area contributed by atoms with E-state index in [1.165, 1.54) is 0 Å². The first-order valence-electron chi connectivity index (χ1n) is 1.99. The van der Waals surface area contributed by atoms with E-state index in [0.717, 1.165) is 6.92 Å². The molecule has 0 aliphatic rings. The molecule has 0 aliphatic heterocycles. The van der Waals surface area contributed by atoms with E-state index in [2.05, 4.69) is 0 Å². The molecule has 0 aromatic heterocycles. The lowest BCUT2D eigenvalue weighted by Gasteiger charge is -2.00. The van der Waals surface area contributed by atoms with Crippen molar-refractivity contribution >= 4 is 11.8 Å². The lowest BCUT2D eigenvalue weighted by molar-refractivity contribution is -0.300. The number of rotatable bonds is 2. The number of carboxylic acid groups (broad SMARTS) is 1. The zero-order chi connectivity index (χ0) is 6.73. The zero-order valence-electron chi connectivity index (χ0n) is 4.25. The van der Waals surface area contributed by atoms with Gasteiger partial charge in [0.2, 0.25) is 5.78 Å². The fourth-order valence-corrected chi connectivity index (χ4v) is 0.171. The number of carbonyl (C=O) groups is 2. The standard InChI is InChI=1S/C4H6O4/c1-2(5)3(6)4(7)8/h2,5H,1H3,(H,7,8)/p-1/t2-/m0/s1. The number of carbonyl (C=O) groups excluding carboxylic acids is 2. The molecule has 0 heterocycles. The van der Waals surface area contributed by atoms with Crippen LogP contribution in [0.15, 0.2) is 0 Å². The Morgan fingerprint density at radius 2 is 2.00 bits per heavy atom. The molecule has 0 fully saturated rings. The summed E-state index contributed by atoms with van der Waals surface area (Å²) in [6.07, 6.45) is -1.46. The van der Waals surface area contributed by atoms with Crippen molar-refractivity contribution in [1.82, 2.24) is 0 Å². The number of aliphatic hydroxyl groups is 1. The molecule has 0 spiro atoms. The minimum atomic E-state index is -1.85. The van der Waals surface area contributed by atoms with Crippen molar-refractivity contribution in [3.8, 4) is 0 Å². The first-order chi connectivity index (χ1) is 3.55. The second kappa shape index (κ2) is 2.42. The highest BCUT2D eigenvalue weighted by molar-refractivity contribution is 6.33. The number of carboxylic acids is 1. The molecule has 0 amide bonds. The van der Waals surface area contributed by atoms with Crippen LogP contribution >= 0.6 is 0 Å². The van der Waals surface area contributed by atoms with E-state index in [4.69, 9.17) is 5.11 Å². The monoisotopic (exact) mass is 117 g/mol. The molecule has 0 radical (unpaired) electrons. The molecule has 0 aromatic carbocycles. The lowest BCUT2D eigenvalue weighted by Crippen LogP contribution is -2.37. The molecule has 4 nitrogen and oxygen atoms in total. The van der Waals surface area contributed by atoms with E-state index in [9.17, 15) is 14.7 Å². The molecule has 4 heteroatoms. The molecular weight excluding hydrogens is 112 g/mol. The highest BCUT2D eigenvalue weighted by Gasteiger charge is 2.07. The Bertz CT molecular complexity index is 115. The van der Waals surface area contributed by atoms with Gasteiger partial charge < -0.3 is 15.0 Å². The molecule has 0 saturated carbocycles. The molecule has 1 N–H and O–H groups in total. The van der Waals surface area contributed by atoms with Crippen LogP contribution in [0.1, 0.15) is 6.92 Å². The van der Waals surface area contributed by atoms with Crippen LogP contribution in [-0.4, -0.2) is 23.0 Å². The zero-order valence-corrected chi connectivity index (χ0v) is 4.25. The molecule has 46 valence electrons. The van der Waals surface area contributed by atoms with E-state index >= 15 is 0 Å². The van der Waals surface area contributed by atoms with Crippen molar-refractivity contribution in [3.63, 3.8) is 0 Å². The summed E-state index contributed by atoms with van der Waals surface area (Å²) >= 11 is 0. The average Bonchev–Trinajstić information content (AvgIpc) is 1.64. The lowest BCUT2D eigenvalue weighted by atomic mass is 10.3. The van der Waals surface area contributed by atoms with E-state index in [-0.39, 0.29) is 0 Å². The molecule has 0 unspecified atom stereocenters. The predicted molar refractivity (Wildman–Crippen MR) is 21.7 cm³/mol. The summed E-state index contributed by atoms with van der Waals surface area (Å²) in [4.78, 5) is 19.5. The van der Waals surface area contributed by atoms with Crippen LogP contribution in [-0.2, 0) is 9.59 Å². The van der Waals surface area contributed by atoms with Gasteiger partial charge >= 0.3 is 0 Å². The fraction of sp³-hybridized carbons (Fsp3) is 0.500. The summed E-state index contributed by atoms with van der Waals surface area (Å²) in [6.45, 7) is 1.07. The van der Waals surface area contributed by atoms with Crippen LogP contribution in [0.4, 0.5) is 0 Å². The molecule has 0 saturated heterocycles. The maximum Gasteiger partial charge on any atom is 0.206 e. The fourth-order valence-electron chi connectivity index (χ4n) is 0.171. The summed E-state index contributed by atoms with van der Waals surface area (Å²) in [5.74, 6) is -3.13. The Labute approximate surface area is 45.7 Å². The smallest absolute Gasteiger partial charge is 0.206 e. The highest BCUT2D eigenvalue weighted by atomic mass is 16.4. The SMILES string of the molecule is C[C@H](O)C(=O)C(=O)[O-]. The molecule has 8 heavy (non-hydrogen) atoms. The summed E-state index contributed by atoms with van der Waals surface area (Å²) < 4.78 is 0. The van der Waals surface area contributed by atoms with Gasteiger partial charge in [-0.2, -0.15) is 0 Å². The van der Waals surface area contributed by atoms with E-state index in [0.29, 0.717) is 0 Å². The van der Waals surface area contributed by atoms with Crippen molar-refractivity contribution in [2.24, 2.45) is 0 Å². The third-order valence-corrected chi connectivity index (χ3v) is 0.581. The van der Waals surface area contributed by atoms with Gasteiger partial charge in [-0.1, -0.05) is 0 Å². The normalized spacial score (nSPS) is 12.8. The minimum absolute atomic E-state index is 1.07. The molecule has 0 aliphatic carbocycles. The maximum atomic E-state index is 9.93. The third-order valence-electron chi connectivity index (χ3n) is 0.581. The Balaban J connectivity index is 3.84. The van der Waals surface area contributed by atoms with Gasteiger partial charge in [-0.05, 0) is 6.92 Å². The predicted octanol–water partition coefficient (Wildman–Crippen LogP) is -2.31. The second-order valence-electron chi connectivity index (χ2n) is 1.33. The van der Waals surface area contributed by atoms with Crippen LogP contribution in [0.5, 0.6) is 0 Å². The number of ketones is 1. The maximum absolute atomic E-state index is 9.93. The Morgan fingerprint density at radius 3 is 2.00 bits per heavy atom. The first kappa shape index (κ1) is 7.10. The Morgan fingerprint density at radius 1 is 1.62 bits per heavy atom. The van der Waals surface area contributed by atoms with E-state index in [1.54, 1.807) is 0 Å². The number of Topliss-reactive ketones (excluding diaryl/α,β-unsaturated/α-hetero) is 1. The van der Waals surface area contributed by atoms with Crippen LogP contribution < -0.4 is 5.11 Å². The number of aliphatic carboxylic acids is 1. The third kappa shape index (κ3) is 1.70. The van der Waals surface area contributed by atoms with Gasteiger partial charge in [-0.15, -0.1) is 0 Å². The van der Waals surface area contributed by atoms with Crippen molar-refractivity contribution in [2.45, 2.75) is 13.0 Å². The molecular formula is C4H5O4-. The van der Waals surface area contributed by atoms with Crippen molar-refractivity contribution in [2.75, 3.05) is 0 Å². The Kier molecular flexibility index (Phi) is 2.15. The van der Waals surface area contributed by atoms with Crippen LogP contribution in [0.2, 0.25) is 0 Å². The van der Waals surface area contributed by atoms with E-state index < -0.39 is 17.9 Å². The summed E-state index contributed by atoms with van der Waals surface area (Å²) in [7, 11) is 0. The van der Waals surface area contributed by atoms with Gasteiger partial charge in [0.25, 0.3) is 0 Å². The molecule has 0 aromatic rings. The van der Waals surface area contributed by atoms with Gasteiger partial charge in [0.1, 0.15) is 12.1 Å².